The summed E-state index contributed by atoms with van der Waals surface area (Å²) in [5, 5.41) is 8.38. The second kappa shape index (κ2) is 6.59. The first kappa shape index (κ1) is 12.2. The van der Waals surface area contributed by atoms with Crippen LogP contribution in [0.1, 0.15) is 18.4 Å². The summed E-state index contributed by atoms with van der Waals surface area (Å²) in [7, 11) is 0. The Labute approximate surface area is 94.6 Å². The van der Waals surface area contributed by atoms with Crippen LogP contribution in [0.15, 0.2) is 30.3 Å². The van der Waals surface area contributed by atoms with Crippen molar-refractivity contribution in [2.24, 2.45) is 5.73 Å². The zero-order chi connectivity index (χ0) is 11.8. The molecule has 0 radical (unpaired) electrons. The van der Waals surface area contributed by atoms with E-state index in [0.29, 0.717) is 0 Å². The molecule has 84 valence electrons. The van der Waals surface area contributed by atoms with E-state index < -0.39 is 6.04 Å². The summed E-state index contributed by atoms with van der Waals surface area (Å²) in [5.41, 5.74) is 6.47. The molecule has 0 saturated heterocycles. The third-order valence-electron chi connectivity index (χ3n) is 2.02. The summed E-state index contributed by atoms with van der Waals surface area (Å²) in [6.45, 7) is 0.249. The van der Waals surface area contributed by atoms with Crippen molar-refractivity contribution < 1.29 is 9.53 Å². The summed E-state index contributed by atoms with van der Waals surface area (Å²) in [6.07, 6.45) is 0.251. The fourth-order valence-electron chi connectivity index (χ4n) is 1.20. The van der Waals surface area contributed by atoms with Crippen molar-refractivity contribution in [3.05, 3.63) is 35.9 Å². The zero-order valence-corrected chi connectivity index (χ0v) is 8.93. The van der Waals surface area contributed by atoms with E-state index in [1.54, 1.807) is 0 Å². The fourth-order valence-corrected chi connectivity index (χ4v) is 1.20. The molecule has 1 atom stereocenters. The Bertz CT molecular complexity index is 370. The van der Waals surface area contributed by atoms with Crippen LogP contribution in [-0.2, 0) is 16.1 Å². The van der Waals surface area contributed by atoms with Gasteiger partial charge in [-0.2, -0.15) is 5.26 Å². The van der Waals surface area contributed by atoms with Crippen LogP contribution in [-0.4, -0.2) is 12.0 Å². The van der Waals surface area contributed by atoms with E-state index in [-0.39, 0.29) is 25.4 Å². The maximum absolute atomic E-state index is 11.3. The lowest BCUT2D eigenvalue weighted by Gasteiger charge is -2.07. The van der Waals surface area contributed by atoms with Crippen molar-refractivity contribution in [1.29, 1.82) is 5.26 Å². The Hall–Kier alpha value is -1.86. The van der Waals surface area contributed by atoms with Crippen molar-refractivity contribution in [2.45, 2.75) is 25.5 Å². The highest BCUT2D eigenvalue weighted by Crippen LogP contribution is 2.03. The summed E-state index contributed by atoms with van der Waals surface area (Å²) in [6, 6.07) is 10.9. The fraction of sp³-hybridized carbons (Fsp3) is 0.333. The number of nitriles is 1. The Morgan fingerprint density at radius 3 is 2.75 bits per heavy atom. The molecule has 0 heterocycles. The Kier molecular flexibility index (Phi) is 5.03. The van der Waals surface area contributed by atoms with Gasteiger partial charge in [-0.25, -0.2) is 0 Å². The number of hydrogen-bond acceptors (Lipinski definition) is 4. The van der Waals surface area contributed by atoms with Crippen molar-refractivity contribution in [2.75, 3.05) is 0 Å². The molecule has 16 heavy (non-hydrogen) atoms. The lowest BCUT2D eigenvalue weighted by Crippen LogP contribution is -2.24. The molecule has 0 aliphatic rings. The van der Waals surface area contributed by atoms with Gasteiger partial charge in [0.15, 0.2) is 0 Å². The van der Waals surface area contributed by atoms with Gasteiger partial charge >= 0.3 is 5.97 Å². The minimum Gasteiger partial charge on any atom is -0.461 e. The van der Waals surface area contributed by atoms with Crippen LogP contribution in [0.5, 0.6) is 0 Å². The number of rotatable bonds is 5. The van der Waals surface area contributed by atoms with Crippen LogP contribution in [0.3, 0.4) is 0 Å². The maximum atomic E-state index is 11.3. The van der Waals surface area contributed by atoms with E-state index in [2.05, 4.69) is 0 Å². The molecule has 0 aliphatic carbocycles. The topological polar surface area (TPSA) is 76.1 Å². The quantitative estimate of drug-likeness (QED) is 0.757. The molecule has 1 aromatic rings. The minimum atomic E-state index is -0.437. The van der Waals surface area contributed by atoms with Gasteiger partial charge in [0, 0.05) is 6.04 Å². The third-order valence-corrected chi connectivity index (χ3v) is 2.02. The number of nitrogens with two attached hydrogens (primary N) is 1. The molecule has 0 bridgehead atoms. The summed E-state index contributed by atoms with van der Waals surface area (Å²) in [5.74, 6) is -0.369. The number of benzene rings is 1. The zero-order valence-electron chi connectivity index (χ0n) is 8.93. The normalized spacial score (nSPS) is 11.5. The van der Waals surface area contributed by atoms with Gasteiger partial charge in [0.1, 0.15) is 6.61 Å². The Morgan fingerprint density at radius 2 is 2.12 bits per heavy atom. The number of carbonyl (C=O) groups excluding carboxylic acids is 1. The number of esters is 1. The largest absolute Gasteiger partial charge is 0.461 e. The first-order valence-electron chi connectivity index (χ1n) is 5.04. The highest BCUT2D eigenvalue weighted by atomic mass is 16.5. The molecule has 0 saturated carbocycles. The monoisotopic (exact) mass is 218 g/mol. The van der Waals surface area contributed by atoms with E-state index in [4.69, 9.17) is 15.7 Å². The molecule has 0 amide bonds. The standard InChI is InChI=1S/C12H14N2O2/c13-7-6-11(14)8-12(15)16-9-10-4-2-1-3-5-10/h1-5,11H,6,8-9,14H2. The average Bonchev–Trinajstić information content (AvgIpc) is 2.28. The van der Waals surface area contributed by atoms with Crippen LogP contribution < -0.4 is 5.73 Å². The van der Waals surface area contributed by atoms with Gasteiger partial charge < -0.3 is 10.5 Å². The Balaban J connectivity index is 2.28. The van der Waals surface area contributed by atoms with Gasteiger partial charge in [-0.15, -0.1) is 0 Å². The average molecular weight is 218 g/mol. The first-order valence-corrected chi connectivity index (χ1v) is 5.04. The van der Waals surface area contributed by atoms with E-state index in [9.17, 15) is 4.79 Å². The van der Waals surface area contributed by atoms with Gasteiger partial charge in [0.2, 0.25) is 0 Å². The molecule has 0 aromatic heterocycles. The number of hydrogen-bond donors (Lipinski definition) is 1. The first-order chi connectivity index (χ1) is 7.72. The predicted molar refractivity (Wildman–Crippen MR) is 59.1 cm³/mol. The second-order valence-electron chi connectivity index (χ2n) is 3.47. The third kappa shape index (κ3) is 4.58. The SMILES string of the molecule is N#CCC(N)CC(=O)OCc1ccccc1. The smallest absolute Gasteiger partial charge is 0.307 e. The molecule has 1 rings (SSSR count). The van der Waals surface area contributed by atoms with E-state index in [1.165, 1.54) is 0 Å². The summed E-state index contributed by atoms with van der Waals surface area (Å²) < 4.78 is 5.02. The van der Waals surface area contributed by atoms with Gasteiger partial charge in [-0.05, 0) is 5.56 Å². The second-order valence-corrected chi connectivity index (χ2v) is 3.47. The van der Waals surface area contributed by atoms with Gasteiger partial charge in [0.25, 0.3) is 0 Å². The van der Waals surface area contributed by atoms with Crippen LogP contribution in [0, 0.1) is 11.3 Å². The van der Waals surface area contributed by atoms with Crippen LogP contribution in [0.25, 0.3) is 0 Å². The molecule has 1 aromatic carbocycles. The number of nitrogens with zero attached hydrogens (tertiary/aromatic N) is 1. The van der Waals surface area contributed by atoms with Crippen molar-refractivity contribution in [3.8, 4) is 6.07 Å². The lowest BCUT2D eigenvalue weighted by atomic mass is 10.2. The highest BCUT2D eigenvalue weighted by Gasteiger charge is 2.10. The molecule has 2 N–H and O–H groups in total. The predicted octanol–water partition coefficient (Wildman–Crippen LogP) is 1.36. The number of carbonyl (C=O) groups is 1. The van der Waals surface area contributed by atoms with Crippen LogP contribution in [0.4, 0.5) is 0 Å². The highest BCUT2D eigenvalue weighted by molar-refractivity contribution is 5.70. The molecule has 0 spiro atoms. The van der Waals surface area contributed by atoms with Gasteiger partial charge in [-0.3, -0.25) is 4.79 Å². The minimum absolute atomic E-state index is 0.0837. The number of ether oxygens (including phenoxy) is 1. The van der Waals surface area contributed by atoms with Gasteiger partial charge in [-0.1, -0.05) is 30.3 Å². The van der Waals surface area contributed by atoms with E-state index >= 15 is 0 Å². The van der Waals surface area contributed by atoms with Crippen molar-refractivity contribution >= 4 is 5.97 Å². The molecule has 1 unspecified atom stereocenters. The molecule has 4 heteroatoms. The van der Waals surface area contributed by atoms with Crippen molar-refractivity contribution in [3.63, 3.8) is 0 Å². The van der Waals surface area contributed by atoms with Crippen LogP contribution >= 0.6 is 0 Å². The van der Waals surface area contributed by atoms with E-state index in [1.807, 2.05) is 36.4 Å². The Morgan fingerprint density at radius 1 is 1.44 bits per heavy atom. The lowest BCUT2D eigenvalue weighted by molar-refractivity contribution is -0.145. The van der Waals surface area contributed by atoms with Gasteiger partial charge in [0.05, 0.1) is 18.9 Å². The summed E-state index contributed by atoms with van der Waals surface area (Å²) >= 11 is 0. The molecule has 4 nitrogen and oxygen atoms in total. The van der Waals surface area contributed by atoms with E-state index in [0.717, 1.165) is 5.56 Å². The summed E-state index contributed by atoms with van der Waals surface area (Å²) in [4.78, 5) is 11.3. The maximum Gasteiger partial charge on any atom is 0.307 e. The molecule has 0 fully saturated rings. The molecular formula is C12H14N2O2. The van der Waals surface area contributed by atoms with Crippen molar-refractivity contribution in [1.82, 2.24) is 0 Å². The molecule has 0 aliphatic heterocycles. The van der Waals surface area contributed by atoms with Crippen LogP contribution in [0.2, 0.25) is 0 Å². The molecular weight excluding hydrogens is 204 g/mol.